The fourth-order valence-corrected chi connectivity index (χ4v) is 8.58. The molecule has 2 aliphatic heterocycles. The molecule has 0 spiro atoms. The molecule has 1 saturated carbocycles. The quantitative estimate of drug-likeness (QED) is 0.173. The highest BCUT2D eigenvalue weighted by molar-refractivity contribution is 6.31. The van der Waals surface area contributed by atoms with Crippen molar-refractivity contribution in [3.63, 3.8) is 0 Å². The normalized spacial score (nSPS) is 21.6. The maximum atomic E-state index is 14.4. The average molecular weight is 742 g/mol. The van der Waals surface area contributed by atoms with E-state index in [4.69, 9.17) is 16.3 Å². The van der Waals surface area contributed by atoms with E-state index in [0.717, 1.165) is 34.9 Å². The van der Waals surface area contributed by atoms with Gasteiger partial charge in [-0.15, -0.1) is 0 Å². The lowest BCUT2D eigenvalue weighted by molar-refractivity contribution is -0.141. The van der Waals surface area contributed by atoms with Gasteiger partial charge in [0.1, 0.15) is 11.7 Å². The summed E-state index contributed by atoms with van der Waals surface area (Å²) >= 11 is 6.19. The molecule has 13 heteroatoms. The van der Waals surface area contributed by atoms with Gasteiger partial charge in [-0.2, -0.15) is 5.10 Å². The van der Waals surface area contributed by atoms with Crippen molar-refractivity contribution in [2.45, 2.75) is 57.6 Å². The van der Waals surface area contributed by atoms with Crippen LogP contribution in [0, 0.1) is 23.7 Å². The Morgan fingerprint density at radius 2 is 1.75 bits per heavy atom. The summed E-state index contributed by atoms with van der Waals surface area (Å²) in [4.78, 5) is 62.1. The number of likely N-dealkylation sites (N-methyl/N-ethyl adjacent to an activating group) is 1. The molecule has 4 aromatic rings. The Balaban J connectivity index is 1.10. The molecule has 53 heavy (non-hydrogen) atoms. The van der Waals surface area contributed by atoms with E-state index in [2.05, 4.69) is 25.8 Å². The number of aromatic nitrogens is 3. The van der Waals surface area contributed by atoms with Gasteiger partial charge in [0.2, 0.25) is 17.7 Å². The second-order valence-corrected chi connectivity index (χ2v) is 15.3. The summed E-state index contributed by atoms with van der Waals surface area (Å²) in [7, 11) is 1.55. The summed E-state index contributed by atoms with van der Waals surface area (Å²) in [6, 6.07) is 16.0. The molecule has 1 aliphatic carbocycles. The van der Waals surface area contributed by atoms with E-state index in [0.29, 0.717) is 48.6 Å². The third-order valence-corrected chi connectivity index (χ3v) is 11.7. The predicted octanol–water partition coefficient (Wildman–Crippen LogP) is 4.82. The van der Waals surface area contributed by atoms with Gasteiger partial charge in [-0.05, 0) is 61.3 Å². The van der Waals surface area contributed by atoms with Crippen LogP contribution in [0.3, 0.4) is 0 Å². The van der Waals surface area contributed by atoms with Gasteiger partial charge in [-0.1, -0.05) is 67.3 Å². The molecule has 280 valence electrons. The van der Waals surface area contributed by atoms with Crippen LogP contribution in [0.4, 0.5) is 0 Å². The molecule has 2 saturated heterocycles. The van der Waals surface area contributed by atoms with Crippen molar-refractivity contribution in [1.29, 1.82) is 0 Å². The van der Waals surface area contributed by atoms with Crippen LogP contribution < -0.4 is 10.6 Å². The molecule has 5 atom stereocenters. The molecule has 3 aliphatic rings. The minimum atomic E-state index is -0.917. The van der Waals surface area contributed by atoms with E-state index in [1.807, 2.05) is 55.6 Å². The maximum absolute atomic E-state index is 14.4. The number of halogens is 1. The number of hydrogen-bond donors (Lipinski definition) is 4. The van der Waals surface area contributed by atoms with Crippen LogP contribution in [-0.2, 0) is 25.5 Å². The molecule has 4 heterocycles. The van der Waals surface area contributed by atoms with Crippen molar-refractivity contribution < 1.29 is 23.9 Å². The summed E-state index contributed by atoms with van der Waals surface area (Å²) in [6.07, 6.45) is 7.21. The SMILES string of the molecule is CNC(=O)[C@@H](NC(=O)C1CN(C(=O)Cc2c[nH]c3cc(Cl)ccc23)CC2CN(C(=O)c3cc(-c4ccccc4)n[nH]3)CC21)[C@H](C)OCC1CCCCC1. The first-order chi connectivity index (χ1) is 25.7. The van der Waals surface area contributed by atoms with Crippen LogP contribution in [0.25, 0.3) is 22.2 Å². The monoisotopic (exact) mass is 741 g/mol. The molecule has 2 aromatic heterocycles. The average Bonchev–Trinajstić information content (AvgIpc) is 3.95. The number of H-pyrrole nitrogens is 2. The van der Waals surface area contributed by atoms with E-state index >= 15 is 0 Å². The Morgan fingerprint density at radius 1 is 0.981 bits per heavy atom. The summed E-state index contributed by atoms with van der Waals surface area (Å²) < 4.78 is 6.22. The number of ether oxygens (including phenoxy) is 1. The lowest BCUT2D eigenvalue weighted by atomic mass is 9.79. The van der Waals surface area contributed by atoms with Crippen LogP contribution in [-0.4, -0.2) is 101 Å². The minimum Gasteiger partial charge on any atom is -0.376 e. The van der Waals surface area contributed by atoms with E-state index in [1.165, 1.54) is 19.3 Å². The second kappa shape index (κ2) is 16.1. The predicted molar refractivity (Wildman–Crippen MR) is 202 cm³/mol. The van der Waals surface area contributed by atoms with E-state index in [9.17, 15) is 19.2 Å². The van der Waals surface area contributed by atoms with Crippen molar-refractivity contribution in [2.75, 3.05) is 39.8 Å². The summed E-state index contributed by atoms with van der Waals surface area (Å²) in [6.45, 7) is 3.65. The number of nitrogens with zero attached hydrogens (tertiary/aromatic N) is 3. The van der Waals surface area contributed by atoms with Gasteiger partial charge in [0.25, 0.3) is 5.91 Å². The fraction of sp³-hybridized carbons (Fsp3) is 0.475. The van der Waals surface area contributed by atoms with Crippen molar-refractivity contribution in [3.8, 4) is 11.3 Å². The number of amides is 4. The molecular formula is C40H48ClN7O5. The highest BCUT2D eigenvalue weighted by Gasteiger charge is 2.48. The number of fused-ring (bicyclic) bond motifs is 2. The van der Waals surface area contributed by atoms with E-state index in [1.54, 1.807) is 29.0 Å². The number of likely N-dealkylation sites (tertiary alicyclic amines) is 2. The molecule has 4 N–H and O–H groups in total. The van der Waals surface area contributed by atoms with Crippen molar-refractivity contribution >= 4 is 46.1 Å². The number of carbonyl (C=O) groups is 4. The van der Waals surface area contributed by atoms with Gasteiger partial charge in [0.15, 0.2) is 0 Å². The van der Waals surface area contributed by atoms with Crippen LogP contribution in [0.5, 0.6) is 0 Å². The lowest BCUT2D eigenvalue weighted by Gasteiger charge is -2.40. The molecule has 4 amide bonds. The highest BCUT2D eigenvalue weighted by atomic mass is 35.5. The Kier molecular flexibility index (Phi) is 11.2. The number of rotatable bonds is 11. The number of benzene rings is 2. The molecule has 0 bridgehead atoms. The Labute approximate surface area is 314 Å². The number of nitrogens with one attached hydrogen (secondary N) is 4. The van der Waals surface area contributed by atoms with Crippen molar-refractivity contribution in [2.24, 2.45) is 23.7 Å². The first-order valence-electron chi connectivity index (χ1n) is 18.8. The largest absolute Gasteiger partial charge is 0.376 e. The molecule has 7 rings (SSSR count). The molecular weight excluding hydrogens is 694 g/mol. The summed E-state index contributed by atoms with van der Waals surface area (Å²) in [5, 5.41) is 14.5. The van der Waals surface area contributed by atoms with Gasteiger partial charge < -0.3 is 30.2 Å². The smallest absolute Gasteiger partial charge is 0.271 e. The Morgan fingerprint density at radius 3 is 2.53 bits per heavy atom. The standard InChI is InChI=1S/C40H48ClN7O5/c1-24(53-23-25-9-5-3-6-10-25)37(39(51)42-2)44-38(50)32-22-47(36(49)15-27-18-43-34-16-29(41)13-14-30(27)34)19-28-20-48(21-31(28)32)40(52)35-17-33(45-46-35)26-11-7-4-8-12-26/h4,7-8,11-14,16-18,24-25,28,31-32,37,43H,3,5-6,9-10,15,19-23H2,1-2H3,(H,42,51)(H,44,50)(H,45,46)/t24-,28?,31?,32?,37-/m0/s1. The lowest BCUT2D eigenvalue weighted by Crippen LogP contribution is -2.58. The second-order valence-electron chi connectivity index (χ2n) is 14.9. The number of aromatic amines is 2. The molecule has 2 aromatic carbocycles. The van der Waals surface area contributed by atoms with E-state index in [-0.39, 0.29) is 48.4 Å². The summed E-state index contributed by atoms with van der Waals surface area (Å²) in [5.74, 6) is -1.58. The topological polar surface area (TPSA) is 153 Å². The number of carbonyl (C=O) groups excluding carboxylic acids is 4. The van der Waals surface area contributed by atoms with E-state index < -0.39 is 18.1 Å². The van der Waals surface area contributed by atoms with Crippen LogP contribution in [0.15, 0.2) is 60.8 Å². The zero-order chi connectivity index (χ0) is 37.1. The van der Waals surface area contributed by atoms with Gasteiger partial charge in [0.05, 0.1) is 24.1 Å². The zero-order valence-corrected chi connectivity index (χ0v) is 31.0. The Bertz CT molecular complexity index is 1940. The van der Waals surface area contributed by atoms with Gasteiger partial charge in [-0.25, -0.2) is 0 Å². The molecule has 3 unspecified atom stereocenters. The highest BCUT2D eigenvalue weighted by Crippen LogP contribution is 2.37. The van der Waals surface area contributed by atoms with Crippen LogP contribution >= 0.6 is 11.6 Å². The molecule has 12 nitrogen and oxygen atoms in total. The van der Waals surface area contributed by atoms with Crippen molar-refractivity contribution in [1.82, 2.24) is 35.6 Å². The third-order valence-electron chi connectivity index (χ3n) is 11.4. The number of hydrogen-bond acceptors (Lipinski definition) is 6. The third kappa shape index (κ3) is 8.13. The minimum absolute atomic E-state index is 0.116. The van der Waals surface area contributed by atoms with Gasteiger partial charge in [-0.3, -0.25) is 24.3 Å². The maximum Gasteiger partial charge on any atom is 0.271 e. The molecule has 0 radical (unpaired) electrons. The number of piperidine rings is 1. The van der Waals surface area contributed by atoms with Crippen LogP contribution in [0.1, 0.15) is 55.1 Å². The van der Waals surface area contributed by atoms with Crippen LogP contribution in [0.2, 0.25) is 5.02 Å². The zero-order valence-electron chi connectivity index (χ0n) is 30.3. The summed E-state index contributed by atoms with van der Waals surface area (Å²) in [5.41, 5.74) is 3.60. The van der Waals surface area contributed by atoms with Gasteiger partial charge >= 0.3 is 0 Å². The fourth-order valence-electron chi connectivity index (χ4n) is 8.41. The Hall–Kier alpha value is -4.68. The van der Waals surface area contributed by atoms with Crippen molar-refractivity contribution in [3.05, 3.63) is 77.1 Å². The first-order valence-corrected chi connectivity index (χ1v) is 19.1. The first kappa shape index (κ1) is 36.7. The molecule has 3 fully saturated rings. The van der Waals surface area contributed by atoms with Gasteiger partial charge in [0, 0.05) is 67.5 Å².